The number of benzene rings is 2. The maximum Gasteiger partial charge on any atom is -0.0129 e. The van der Waals surface area contributed by atoms with Crippen LogP contribution in [-0.4, -0.2) is 0 Å². The van der Waals surface area contributed by atoms with Crippen LogP contribution in [0.15, 0.2) is 48.5 Å². The highest BCUT2D eigenvalue weighted by molar-refractivity contribution is 5.38. The Hall–Kier alpha value is -1.56. The van der Waals surface area contributed by atoms with Gasteiger partial charge in [-0.2, -0.15) is 0 Å². The summed E-state index contributed by atoms with van der Waals surface area (Å²) in [6.07, 6.45) is 0. The molecule has 0 heterocycles. The van der Waals surface area contributed by atoms with E-state index in [4.69, 9.17) is 0 Å². The Morgan fingerprint density at radius 3 is 0.531 bits per heavy atom. The standard InChI is InChI=1S/2C14H22.2C2H6/c2*1-13(2,3)11-9-7-8-10-12(11)14(4,5)6;2*1-2/h2*7-10H,1-6H3;2*1-2H3. The first kappa shape index (κ1) is 32.6. The Kier molecular flexibility index (Phi) is 13.5. The van der Waals surface area contributed by atoms with Crippen LogP contribution in [0.3, 0.4) is 0 Å². The maximum atomic E-state index is 2.28. The van der Waals surface area contributed by atoms with Crippen LogP contribution >= 0.6 is 0 Å². The van der Waals surface area contributed by atoms with E-state index in [1.807, 2.05) is 27.7 Å². The fourth-order valence-corrected chi connectivity index (χ4v) is 3.58. The highest BCUT2D eigenvalue weighted by Gasteiger charge is 2.24. The van der Waals surface area contributed by atoms with Crippen molar-refractivity contribution in [2.75, 3.05) is 0 Å². The molecule has 0 amide bonds. The van der Waals surface area contributed by atoms with Crippen LogP contribution in [0.25, 0.3) is 0 Å². The molecule has 0 aliphatic carbocycles. The smallest absolute Gasteiger partial charge is 0.0129 e. The quantitative estimate of drug-likeness (QED) is 0.382. The van der Waals surface area contributed by atoms with Gasteiger partial charge in [0.1, 0.15) is 0 Å². The summed E-state index contributed by atoms with van der Waals surface area (Å²) in [5, 5.41) is 0. The van der Waals surface area contributed by atoms with Gasteiger partial charge in [-0.25, -0.2) is 0 Å². The van der Waals surface area contributed by atoms with Crippen molar-refractivity contribution in [1.82, 2.24) is 0 Å². The van der Waals surface area contributed by atoms with Crippen LogP contribution in [0.2, 0.25) is 0 Å². The molecule has 0 nitrogen and oxygen atoms in total. The van der Waals surface area contributed by atoms with Crippen LogP contribution in [0.4, 0.5) is 0 Å². The molecule has 0 unspecified atom stereocenters. The molecule has 0 fully saturated rings. The Bertz CT molecular complexity index is 617. The van der Waals surface area contributed by atoms with E-state index in [-0.39, 0.29) is 21.7 Å². The molecule has 2 aromatic carbocycles. The summed E-state index contributed by atoms with van der Waals surface area (Å²) in [5.74, 6) is 0. The summed E-state index contributed by atoms with van der Waals surface area (Å²) in [6, 6.07) is 17.5. The van der Waals surface area contributed by atoms with Crippen LogP contribution in [0, 0.1) is 0 Å². The lowest BCUT2D eigenvalue weighted by Crippen LogP contribution is -2.21. The van der Waals surface area contributed by atoms with Crippen molar-refractivity contribution in [2.45, 2.75) is 132 Å². The minimum absolute atomic E-state index is 0.240. The van der Waals surface area contributed by atoms with E-state index in [2.05, 4.69) is 132 Å². The van der Waals surface area contributed by atoms with Gasteiger partial charge in [0.05, 0.1) is 0 Å². The maximum absolute atomic E-state index is 2.28. The van der Waals surface area contributed by atoms with Crippen molar-refractivity contribution >= 4 is 0 Å². The van der Waals surface area contributed by atoms with Gasteiger partial charge in [-0.15, -0.1) is 0 Å². The zero-order chi connectivity index (χ0) is 26.0. The fourth-order valence-electron chi connectivity index (χ4n) is 3.58. The van der Waals surface area contributed by atoms with E-state index < -0.39 is 0 Å². The highest BCUT2D eigenvalue weighted by Crippen LogP contribution is 2.34. The average molecular weight is 441 g/mol. The van der Waals surface area contributed by atoms with E-state index in [0.29, 0.717) is 0 Å². The fraction of sp³-hybridized carbons (Fsp3) is 0.625. The van der Waals surface area contributed by atoms with Gasteiger partial charge < -0.3 is 0 Å². The molecule has 0 atom stereocenters. The molecule has 184 valence electrons. The summed E-state index contributed by atoms with van der Waals surface area (Å²) in [6.45, 7) is 35.3. The largest absolute Gasteiger partial charge is 0.0683 e. The third kappa shape index (κ3) is 10.8. The van der Waals surface area contributed by atoms with E-state index >= 15 is 0 Å². The van der Waals surface area contributed by atoms with E-state index in [0.717, 1.165) is 0 Å². The second-order valence-corrected chi connectivity index (χ2v) is 12.1. The molecular weight excluding hydrogens is 384 g/mol. The molecule has 0 radical (unpaired) electrons. The first-order valence-corrected chi connectivity index (χ1v) is 12.7. The molecule has 0 saturated heterocycles. The van der Waals surface area contributed by atoms with Crippen LogP contribution < -0.4 is 0 Å². The van der Waals surface area contributed by atoms with Crippen molar-refractivity contribution < 1.29 is 0 Å². The van der Waals surface area contributed by atoms with Crippen molar-refractivity contribution in [1.29, 1.82) is 0 Å². The minimum atomic E-state index is 0.240. The predicted molar refractivity (Wildman–Crippen MR) is 150 cm³/mol. The molecule has 2 rings (SSSR count). The molecule has 0 saturated carbocycles. The van der Waals surface area contributed by atoms with Gasteiger partial charge in [0.15, 0.2) is 0 Å². The molecule has 0 heteroatoms. The summed E-state index contributed by atoms with van der Waals surface area (Å²) in [7, 11) is 0. The number of hydrogen-bond acceptors (Lipinski definition) is 0. The topological polar surface area (TPSA) is 0 Å². The van der Waals surface area contributed by atoms with E-state index in [9.17, 15) is 0 Å². The summed E-state index contributed by atoms with van der Waals surface area (Å²) < 4.78 is 0. The van der Waals surface area contributed by atoms with Gasteiger partial charge in [-0.3, -0.25) is 0 Å². The third-order valence-corrected chi connectivity index (χ3v) is 5.09. The van der Waals surface area contributed by atoms with Gasteiger partial charge in [-0.05, 0) is 43.9 Å². The first-order chi connectivity index (χ1) is 14.5. The number of rotatable bonds is 0. The second-order valence-electron chi connectivity index (χ2n) is 12.1. The normalized spacial score (nSPS) is 11.8. The molecule has 0 aliphatic heterocycles. The van der Waals surface area contributed by atoms with Gasteiger partial charge in [-0.1, -0.05) is 159 Å². The van der Waals surface area contributed by atoms with Gasteiger partial charge >= 0.3 is 0 Å². The van der Waals surface area contributed by atoms with Gasteiger partial charge in [0, 0.05) is 0 Å². The lowest BCUT2D eigenvalue weighted by molar-refractivity contribution is 0.530. The molecule has 0 N–H and O–H groups in total. The van der Waals surface area contributed by atoms with Crippen molar-refractivity contribution in [3.8, 4) is 0 Å². The molecule has 0 bridgehead atoms. The van der Waals surface area contributed by atoms with Crippen molar-refractivity contribution in [2.24, 2.45) is 0 Å². The van der Waals surface area contributed by atoms with Crippen molar-refractivity contribution in [3.05, 3.63) is 70.8 Å². The lowest BCUT2D eigenvalue weighted by atomic mass is 9.75. The zero-order valence-electron chi connectivity index (χ0n) is 24.6. The van der Waals surface area contributed by atoms with E-state index in [1.165, 1.54) is 22.3 Å². The number of hydrogen-bond donors (Lipinski definition) is 0. The van der Waals surface area contributed by atoms with E-state index in [1.54, 1.807) is 0 Å². The zero-order valence-corrected chi connectivity index (χ0v) is 24.6. The average Bonchev–Trinajstić information content (AvgIpc) is 2.69. The van der Waals surface area contributed by atoms with Gasteiger partial charge in [0.2, 0.25) is 0 Å². The Balaban J connectivity index is 0. The third-order valence-electron chi connectivity index (χ3n) is 5.09. The van der Waals surface area contributed by atoms with Crippen molar-refractivity contribution in [3.63, 3.8) is 0 Å². The summed E-state index contributed by atoms with van der Waals surface area (Å²) >= 11 is 0. The summed E-state index contributed by atoms with van der Waals surface area (Å²) in [5.41, 5.74) is 6.82. The monoisotopic (exact) mass is 440 g/mol. The lowest BCUT2D eigenvalue weighted by Gasteiger charge is -2.29. The summed E-state index contributed by atoms with van der Waals surface area (Å²) in [4.78, 5) is 0. The van der Waals surface area contributed by atoms with Crippen LogP contribution in [0.5, 0.6) is 0 Å². The Morgan fingerprint density at radius 1 is 0.312 bits per heavy atom. The molecule has 0 spiro atoms. The molecule has 0 aliphatic rings. The van der Waals surface area contributed by atoms with Gasteiger partial charge in [0.25, 0.3) is 0 Å². The molecule has 2 aromatic rings. The Labute approximate surface area is 203 Å². The minimum Gasteiger partial charge on any atom is -0.0683 e. The second kappa shape index (κ2) is 13.2. The Morgan fingerprint density at radius 2 is 0.438 bits per heavy atom. The molecular formula is C32H56. The van der Waals surface area contributed by atoms with Crippen LogP contribution in [-0.2, 0) is 21.7 Å². The SMILES string of the molecule is CC.CC.CC(C)(C)c1ccccc1C(C)(C)C.CC(C)(C)c1ccccc1C(C)(C)C. The first-order valence-electron chi connectivity index (χ1n) is 12.7. The predicted octanol–water partition coefficient (Wildman–Crippen LogP) is 10.6. The molecule has 0 aromatic heterocycles. The molecule has 32 heavy (non-hydrogen) atoms. The highest BCUT2D eigenvalue weighted by atomic mass is 14.3. The van der Waals surface area contributed by atoms with Crippen LogP contribution in [0.1, 0.15) is 133 Å².